The Balaban J connectivity index is 2.26. The minimum atomic E-state index is -0.395. The topological polar surface area (TPSA) is 53.6 Å². The fourth-order valence-electron chi connectivity index (χ4n) is 1.72. The molecule has 1 aromatic carbocycles. The summed E-state index contributed by atoms with van der Waals surface area (Å²) in [7, 11) is 1.87. The minimum absolute atomic E-state index is 0.395. The lowest BCUT2D eigenvalue weighted by Crippen LogP contribution is -2.09. The molecular weight excluding hydrogens is 292 g/mol. The smallest absolute Gasteiger partial charge is 0.143 e. The average Bonchev–Trinajstić information content (AvgIpc) is 2.67. The number of nitriles is 1. The van der Waals surface area contributed by atoms with Crippen molar-refractivity contribution in [1.82, 2.24) is 9.78 Å². The Morgan fingerprint density at radius 1 is 1.50 bits per heavy atom. The van der Waals surface area contributed by atoms with Crippen LogP contribution in [0.2, 0.25) is 0 Å². The van der Waals surface area contributed by atoms with Crippen LogP contribution in [0.25, 0.3) is 0 Å². The van der Waals surface area contributed by atoms with E-state index in [1.165, 1.54) is 0 Å². The molecule has 0 saturated carbocycles. The second-order valence-corrected chi connectivity index (χ2v) is 4.94. The zero-order valence-electron chi connectivity index (χ0n) is 10.2. The number of rotatable bonds is 3. The monoisotopic (exact) mass is 304 g/mol. The first kappa shape index (κ1) is 12.7. The number of nitrogens with zero attached hydrogens (tertiary/aromatic N) is 3. The first-order chi connectivity index (χ1) is 8.61. The fraction of sp³-hybridized carbons (Fsp3) is 0.231. The van der Waals surface area contributed by atoms with E-state index in [9.17, 15) is 5.26 Å². The quantitative estimate of drug-likeness (QED) is 0.947. The summed E-state index contributed by atoms with van der Waals surface area (Å²) < 4.78 is 2.74. The van der Waals surface area contributed by atoms with Gasteiger partial charge in [-0.15, -0.1) is 0 Å². The molecule has 0 aliphatic heterocycles. The Morgan fingerprint density at radius 2 is 2.28 bits per heavy atom. The molecule has 18 heavy (non-hydrogen) atoms. The van der Waals surface area contributed by atoms with Gasteiger partial charge < -0.3 is 5.32 Å². The highest BCUT2D eigenvalue weighted by Gasteiger charge is 2.15. The van der Waals surface area contributed by atoms with Gasteiger partial charge in [0.05, 0.1) is 12.3 Å². The molecule has 0 saturated heterocycles. The molecule has 0 aliphatic carbocycles. The number of benzene rings is 1. The summed E-state index contributed by atoms with van der Waals surface area (Å²) >= 11 is 3.41. The summed E-state index contributed by atoms with van der Waals surface area (Å²) in [5, 5.41) is 16.6. The Hall–Kier alpha value is -1.80. The number of aryl methyl sites for hydroxylation is 1. The SMILES string of the molecule is Cc1c(C(C#N)Nc2cccc(Br)c2)cnn1C. The highest BCUT2D eigenvalue weighted by atomic mass is 79.9. The summed E-state index contributed by atoms with van der Waals surface area (Å²) in [6.07, 6.45) is 1.73. The number of anilines is 1. The number of hydrogen-bond donors (Lipinski definition) is 1. The van der Waals surface area contributed by atoms with Gasteiger partial charge in [0.15, 0.2) is 0 Å². The predicted octanol–water partition coefficient (Wildman–Crippen LogP) is 3.17. The fourth-order valence-corrected chi connectivity index (χ4v) is 2.12. The van der Waals surface area contributed by atoms with E-state index in [2.05, 4.69) is 32.4 Å². The molecule has 2 rings (SSSR count). The normalized spacial score (nSPS) is 11.9. The zero-order chi connectivity index (χ0) is 13.1. The van der Waals surface area contributed by atoms with Crippen LogP contribution in [0.15, 0.2) is 34.9 Å². The Morgan fingerprint density at radius 3 is 2.83 bits per heavy atom. The van der Waals surface area contributed by atoms with Crippen LogP contribution in [0, 0.1) is 18.3 Å². The van der Waals surface area contributed by atoms with Crippen LogP contribution >= 0.6 is 15.9 Å². The summed E-state index contributed by atoms with van der Waals surface area (Å²) in [4.78, 5) is 0. The lowest BCUT2D eigenvalue weighted by atomic mass is 10.1. The Bertz CT molecular complexity index is 597. The van der Waals surface area contributed by atoms with Crippen molar-refractivity contribution >= 4 is 21.6 Å². The Labute approximate surface area is 114 Å². The van der Waals surface area contributed by atoms with Gasteiger partial charge in [0.2, 0.25) is 0 Å². The van der Waals surface area contributed by atoms with Gasteiger partial charge in [-0.1, -0.05) is 22.0 Å². The first-order valence-corrected chi connectivity index (χ1v) is 6.31. The van der Waals surface area contributed by atoms with Gasteiger partial charge in [0, 0.05) is 28.5 Å². The van der Waals surface area contributed by atoms with Crippen molar-refractivity contribution in [2.75, 3.05) is 5.32 Å². The van der Waals surface area contributed by atoms with Gasteiger partial charge in [-0.25, -0.2) is 0 Å². The van der Waals surface area contributed by atoms with Gasteiger partial charge in [-0.2, -0.15) is 10.4 Å². The molecule has 0 radical (unpaired) electrons. The summed E-state index contributed by atoms with van der Waals surface area (Å²) in [6, 6.07) is 9.61. The van der Waals surface area contributed by atoms with Crippen molar-refractivity contribution < 1.29 is 0 Å². The van der Waals surface area contributed by atoms with Crippen molar-refractivity contribution in [3.63, 3.8) is 0 Å². The summed E-state index contributed by atoms with van der Waals surface area (Å²) in [6.45, 7) is 1.95. The van der Waals surface area contributed by atoms with Crippen molar-refractivity contribution in [1.29, 1.82) is 5.26 Å². The second kappa shape index (κ2) is 5.23. The highest BCUT2D eigenvalue weighted by molar-refractivity contribution is 9.10. The molecule has 0 amide bonds. The van der Waals surface area contributed by atoms with Crippen LogP contribution in [-0.2, 0) is 7.05 Å². The molecule has 0 bridgehead atoms. The number of hydrogen-bond acceptors (Lipinski definition) is 3. The third-order valence-corrected chi connectivity index (χ3v) is 3.34. The maximum atomic E-state index is 9.28. The first-order valence-electron chi connectivity index (χ1n) is 5.52. The third kappa shape index (κ3) is 2.54. The van der Waals surface area contributed by atoms with E-state index in [0.717, 1.165) is 21.4 Å². The molecule has 1 aromatic heterocycles. The van der Waals surface area contributed by atoms with E-state index >= 15 is 0 Å². The molecule has 1 heterocycles. The third-order valence-electron chi connectivity index (χ3n) is 2.85. The maximum absolute atomic E-state index is 9.28. The molecule has 5 heteroatoms. The van der Waals surface area contributed by atoms with Crippen molar-refractivity contribution in [3.05, 3.63) is 46.2 Å². The van der Waals surface area contributed by atoms with E-state index in [-0.39, 0.29) is 0 Å². The van der Waals surface area contributed by atoms with Crippen LogP contribution in [0.4, 0.5) is 5.69 Å². The van der Waals surface area contributed by atoms with E-state index in [1.54, 1.807) is 10.9 Å². The molecule has 4 nitrogen and oxygen atoms in total. The number of aromatic nitrogens is 2. The van der Waals surface area contributed by atoms with Crippen molar-refractivity contribution in [3.8, 4) is 6.07 Å². The van der Waals surface area contributed by atoms with Gasteiger partial charge in [-0.05, 0) is 25.1 Å². The molecule has 0 fully saturated rings. The van der Waals surface area contributed by atoms with Gasteiger partial charge in [0.1, 0.15) is 6.04 Å². The van der Waals surface area contributed by atoms with Crippen LogP contribution in [-0.4, -0.2) is 9.78 Å². The largest absolute Gasteiger partial charge is 0.366 e. The van der Waals surface area contributed by atoms with E-state index in [0.29, 0.717) is 0 Å². The highest BCUT2D eigenvalue weighted by Crippen LogP contribution is 2.23. The minimum Gasteiger partial charge on any atom is -0.366 e. The standard InChI is InChI=1S/C13H13BrN4/c1-9-12(8-16-18(9)2)13(7-15)17-11-5-3-4-10(14)6-11/h3-6,8,13,17H,1-2H3. The molecule has 1 N–H and O–H groups in total. The average molecular weight is 305 g/mol. The maximum Gasteiger partial charge on any atom is 0.143 e. The number of halogens is 1. The van der Waals surface area contributed by atoms with E-state index in [1.807, 2.05) is 38.2 Å². The summed E-state index contributed by atoms with van der Waals surface area (Å²) in [5.41, 5.74) is 2.79. The molecule has 0 aliphatic rings. The van der Waals surface area contributed by atoms with Crippen LogP contribution in [0.5, 0.6) is 0 Å². The van der Waals surface area contributed by atoms with Crippen LogP contribution in [0.3, 0.4) is 0 Å². The predicted molar refractivity (Wildman–Crippen MR) is 74.1 cm³/mol. The van der Waals surface area contributed by atoms with E-state index < -0.39 is 6.04 Å². The molecule has 1 unspecified atom stereocenters. The molecule has 1 atom stereocenters. The van der Waals surface area contributed by atoms with Crippen molar-refractivity contribution in [2.24, 2.45) is 7.05 Å². The molecule has 92 valence electrons. The molecular formula is C13H13BrN4. The molecule has 2 aromatic rings. The summed E-state index contributed by atoms with van der Waals surface area (Å²) in [5.74, 6) is 0. The van der Waals surface area contributed by atoms with Crippen LogP contribution < -0.4 is 5.32 Å². The zero-order valence-corrected chi connectivity index (χ0v) is 11.8. The van der Waals surface area contributed by atoms with E-state index in [4.69, 9.17) is 0 Å². The second-order valence-electron chi connectivity index (χ2n) is 4.03. The van der Waals surface area contributed by atoms with Gasteiger partial charge >= 0.3 is 0 Å². The Kier molecular flexibility index (Phi) is 3.68. The van der Waals surface area contributed by atoms with Gasteiger partial charge in [0.25, 0.3) is 0 Å². The lowest BCUT2D eigenvalue weighted by molar-refractivity contribution is 0.737. The van der Waals surface area contributed by atoms with Gasteiger partial charge in [-0.3, -0.25) is 4.68 Å². The number of nitrogens with one attached hydrogen (secondary N) is 1. The molecule has 0 spiro atoms. The van der Waals surface area contributed by atoms with Crippen molar-refractivity contribution in [2.45, 2.75) is 13.0 Å². The lowest BCUT2D eigenvalue weighted by Gasteiger charge is -2.12. The van der Waals surface area contributed by atoms with Crippen LogP contribution in [0.1, 0.15) is 17.3 Å².